The van der Waals surface area contributed by atoms with E-state index < -0.39 is 0 Å². The molecule has 0 amide bonds. The number of hydrogen-bond donors (Lipinski definition) is 2. The van der Waals surface area contributed by atoms with Gasteiger partial charge in [0, 0.05) is 19.0 Å². The molecule has 0 aliphatic rings. The summed E-state index contributed by atoms with van der Waals surface area (Å²) in [6.07, 6.45) is 1.66. The number of nitrogen functional groups attached to an aromatic ring is 1. The standard InChI is InChI=1S/C11H17N7/c1-7(2)11-15-8(12)4-9(16-11)13-5-10-14-6-18(3)17-10/h4,6-7H,5H2,1-3H3,(H3,12,13,15,16). The van der Waals surface area contributed by atoms with E-state index in [9.17, 15) is 0 Å². The van der Waals surface area contributed by atoms with Crippen LogP contribution < -0.4 is 11.1 Å². The van der Waals surface area contributed by atoms with Crippen LogP contribution in [-0.4, -0.2) is 24.7 Å². The number of anilines is 2. The van der Waals surface area contributed by atoms with Crippen molar-refractivity contribution in [1.29, 1.82) is 0 Å². The summed E-state index contributed by atoms with van der Waals surface area (Å²) in [6.45, 7) is 4.56. The summed E-state index contributed by atoms with van der Waals surface area (Å²) in [5, 5.41) is 7.32. The van der Waals surface area contributed by atoms with Gasteiger partial charge in [-0.1, -0.05) is 13.8 Å². The fourth-order valence-corrected chi connectivity index (χ4v) is 1.47. The Bertz CT molecular complexity index is 532. The Morgan fingerprint density at radius 1 is 1.39 bits per heavy atom. The van der Waals surface area contributed by atoms with E-state index in [0.29, 0.717) is 24.0 Å². The molecule has 0 unspecified atom stereocenters. The van der Waals surface area contributed by atoms with Crippen LogP contribution in [0.25, 0.3) is 0 Å². The number of nitrogens with two attached hydrogens (primary N) is 1. The molecule has 0 bridgehead atoms. The summed E-state index contributed by atoms with van der Waals surface area (Å²) < 4.78 is 1.66. The molecule has 0 radical (unpaired) electrons. The maximum absolute atomic E-state index is 5.74. The maximum Gasteiger partial charge on any atom is 0.169 e. The van der Waals surface area contributed by atoms with E-state index in [-0.39, 0.29) is 5.92 Å². The van der Waals surface area contributed by atoms with Gasteiger partial charge in [-0.25, -0.2) is 15.0 Å². The topological polar surface area (TPSA) is 94.5 Å². The van der Waals surface area contributed by atoms with Crippen molar-refractivity contribution in [2.75, 3.05) is 11.1 Å². The SMILES string of the molecule is CC(C)c1nc(N)cc(NCc2ncn(C)n2)n1. The van der Waals surface area contributed by atoms with Gasteiger partial charge in [0.1, 0.15) is 23.8 Å². The van der Waals surface area contributed by atoms with Gasteiger partial charge < -0.3 is 11.1 Å². The van der Waals surface area contributed by atoms with Gasteiger partial charge in [-0.2, -0.15) is 5.10 Å². The van der Waals surface area contributed by atoms with Crippen LogP contribution in [0, 0.1) is 0 Å². The van der Waals surface area contributed by atoms with Crippen LogP contribution in [0.2, 0.25) is 0 Å². The van der Waals surface area contributed by atoms with Crippen molar-refractivity contribution in [1.82, 2.24) is 24.7 Å². The third-order valence-electron chi connectivity index (χ3n) is 2.35. The minimum Gasteiger partial charge on any atom is -0.384 e. The molecule has 0 saturated heterocycles. The van der Waals surface area contributed by atoms with E-state index in [1.807, 2.05) is 20.9 Å². The number of rotatable bonds is 4. The third kappa shape index (κ3) is 2.93. The van der Waals surface area contributed by atoms with Crippen molar-refractivity contribution in [3.05, 3.63) is 24.0 Å². The van der Waals surface area contributed by atoms with E-state index in [4.69, 9.17) is 5.73 Å². The monoisotopic (exact) mass is 247 g/mol. The van der Waals surface area contributed by atoms with Gasteiger partial charge in [0.25, 0.3) is 0 Å². The van der Waals surface area contributed by atoms with Crippen molar-refractivity contribution < 1.29 is 0 Å². The molecule has 3 N–H and O–H groups in total. The Kier molecular flexibility index (Phi) is 3.40. The Morgan fingerprint density at radius 3 is 2.78 bits per heavy atom. The van der Waals surface area contributed by atoms with Gasteiger partial charge in [-0.05, 0) is 0 Å². The Morgan fingerprint density at radius 2 is 2.17 bits per heavy atom. The highest BCUT2D eigenvalue weighted by molar-refractivity contribution is 5.44. The van der Waals surface area contributed by atoms with Gasteiger partial charge >= 0.3 is 0 Å². The molecule has 2 aromatic rings. The van der Waals surface area contributed by atoms with Crippen molar-refractivity contribution in [2.45, 2.75) is 26.3 Å². The van der Waals surface area contributed by atoms with E-state index in [2.05, 4.69) is 25.4 Å². The largest absolute Gasteiger partial charge is 0.384 e. The lowest BCUT2D eigenvalue weighted by Crippen LogP contribution is -2.08. The molecule has 2 heterocycles. The average Bonchev–Trinajstić information content (AvgIpc) is 2.72. The van der Waals surface area contributed by atoms with Gasteiger partial charge in [0.2, 0.25) is 0 Å². The number of nitrogens with zero attached hydrogens (tertiary/aromatic N) is 5. The summed E-state index contributed by atoms with van der Waals surface area (Å²) in [7, 11) is 1.83. The molecule has 96 valence electrons. The number of nitrogens with one attached hydrogen (secondary N) is 1. The highest BCUT2D eigenvalue weighted by Crippen LogP contribution is 2.15. The number of aromatic nitrogens is 5. The first-order valence-electron chi connectivity index (χ1n) is 5.77. The molecule has 7 heteroatoms. The molecule has 18 heavy (non-hydrogen) atoms. The normalized spacial score (nSPS) is 10.9. The van der Waals surface area contributed by atoms with Crippen molar-refractivity contribution in [3.8, 4) is 0 Å². The van der Waals surface area contributed by atoms with Crippen LogP contribution in [0.1, 0.15) is 31.4 Å². The first kappa shape index (κ1) is 12.3. The number of aryl methyl sites for hydroxylation is 1. The highest BCUT2D eigenvalue weighted by atomic mass is 15.3. The van der Waals surface area contributed by atoms with Crippen LogP contribution in [0.3, 0.4) is 0 Å². The van der Waals surface area contributed by atoms with Crippen LogP contribution in [0.15, 0.2) is 12.4 Å². The molecular weight excluding hydrogens is 230 g/mol. The Hall–Kier alpha value is -2.18. The zero-order chi connectivity index (χ0) is 13.1. The summed E-state index contributed by atoms with van der Waals surface area (Å²) >= 11 is 0. The average molecular weight is 247 g/mol. The summed E-state index contributed by atoms with van der Waals surface area (Å²) in [6, 6.07) is 1.70. The van der Waals surface area contributed by atoms with E-state index in [1.54, 1.807) is 17.1 Å². The molecule has 2 rings (SSSR count). The van der Waals surface area contributed by atoms with E-state index in [1.165, 1.54) is 0 Å². The summed E-state index contributed by atoms with van der Waals surface area (Å²) in [5.41, 5.74) is 5.74. The van der Waals surface area contributed by atoms with E-state index >= 15 is 0 Å². The van der Waals surface area contributed by atoms with Crippen LogP contribution in [0.4, 0.5) is 11.6 Å². The second-order valence-corrected chi connectivity index (χ2v) is 4.38. The predicted octanol–water partition coefficient (Wildman–Crippen LogP) is 0.923. The lowest BCUT2D eigenvalue weighted by Gasteiger charge is -2.08. The maximum atomic E-state index is 5.74. The predicted molar refractivity (Wildman–Crippen MR) is 68.9 cm³/mol. The molecule has 2 aromatic heterocycles. The minimum absolute atomic E-state index is 0.238. The molecule has 0 aliphatic heterocycles. The molecule has 0 aliphatic carbocycles. The first-order valence-corrected chi connectivity index (χ1v) is 5.77. The van der Waals surface area contributed by atoms with E-state index in [0.717, 1.165) is 5.82 Å². The Balaban J connectivity index is 2.09. The fraction of sp³-hybridized carbons (Fsp3) is 0.455. The molecule has 7 nitrogen and oxygen atoms in total. The second-order valence-electron chi connectivity index (χ2n) is 4.38. The smallest absolute Gasteiger partial charge is 0.169 e. The third-order valence-corrected chi connectivity index (χ3v) is 2.35. The Labute approximate surface area is 105 Å². The minimum atomic E-state index is 0.238. The van der Waals surface area contributed by atoms with Crippen molar-refractivity contribution in [2.24, 2.45) is 7.05 Å². The van der Waals surface area contributed by atoms with Gasteiger partial charge in [0.15, 0.2) is 5.82 Å². The molecular formula is C11H17N7. The number of hydrogen-bond acceptors (Lipinski definition) is 6. The summed E-state index contributed by atoms with van der Waals surface area (Å²) in [5.74, 6) is 2.83. The quantitative estimate of drug-likeness (QED) is 0.834. The summed E-state index contributed by atoms with van der Waals surface area (Å²) in [4.78, 5) is 12.7. The lowest BCUT2D eigenvalue weighted by atomic mass is 10.2. The second kappa shape index (κ2) is 4.99. The van der Waals surface area contributed by atoms with Crippen molar-refractivity contribution >= 4 is 11.6 Å². The van der Waals surface area contributed by atoms with Gasteiger partial charge in [-0.3, -0.25) is 4.68 Å². The lowest BCUT2D eigenvalue weighted by molar-refractivity contribution is 0.745. The van der Waals surface area contributed by atoms with Gasteiger partial charge in [-0.15, -0.1) is 0 Å². The van der Waals surface area contributed by atoms with Crippen LogP contribution >= 0.6 is 0 Å². The molecule has 0 atom stereocenters. The molecule has 0 saturated carbocycles. The zero-order valence-corrected chi connectivity index (χ0v) is 10.8. The zero-order valence-electron chi connectivity index (χ0n) is 10.8. The molecule has 0 spiro atoms. The molecule has 0 aromatic carbocycles. The molecule has 0 fully saturated rings. The first-order chi connectivity index (χ1) is 8.54. The van der Waals surface area contributed by atoms with Gasteiger partial charge in [0.05, 0.1) is 6.54 Å². The van der Waals surface area contributed by atoms with Crippen LogP contribution in [0.5, 0.6) is 0 Å². The van der Waals surface area contributed by atoms with Crippen molar-refractivity contribution in [3.63, 3.8) is 0 Å². The fourth-order valence-electron chi connectivity index (χ4n) is 1.47. The van der Waals surface area contributed by atoms with Crippen LogP contribution in [-0.2, 0) is 13.6 Å². The highest BCUT2D eigenvalue weighted by Gasteiger charge is 2.07.